The normalized spacial score (nSPS) is 13.1. The number of ether oxygens (including phenoxy) is 1. The molecule has 1 heterocycles. The number of aliphatic hydroxyl groups is 1. The van der Waals surface area contributed by atoms with Crippen molar-refractivity contribution in [2.24, 2.45) is 0 Å². The van der Waals surface area contributed by atoms with E-state index in [1.165, 1.54) is 0 Å². The number of hydrogen-bond donors (Lipinski definition) is 1. The van der Waals surface area contributed by atoms with Gasteiger partial charge < -0.3 is 9.84 Å². The Kier molecular flexibility index (Phi) is 4.38. The highest BCUT2D eigenvalue weighted by atomic mass is 35.5. The van der Waals surface area contributed by atoms with Crippen molar-refractivity contribution in [3.05, 3.63) is 16.9 Å². The van der Waals surface area contributed by atoms with Gasteiger partial charge in [0.2, 0.25) is 0 Å². The number of hydrogen-bond acceptors (Lipinski definition) is 3. The molecule has 0 fully saturated rings. The molecule has 0 saturated carbocycles. The predicted molar refractivity (Wildman–Crippen MR) is 54.5 cm³/mol. The zero-order chi connectivity index (χ0) is 10.6. The molecule has 1 rings (SSSR count). The average molecular weight is 219 g/mol. The van der Waals surface area contributed by atoms with Crippen molar-refractivity contribution in [3.63, 3.8) is 0 Å². The van der Waals surface area contributed by atoms with Crippen molar-refractivity contribution in [2.75, 3.05) is 13.2 Å². The van der Waals surface area contributed by atoms with Crippen molar-refractivity contribution >= 4 is 11.6 Å². The van der Waals surface area contributed by atoms with Crippen molar-refractivity contribution in [1.82, 2.24) is 9.78 Å². The summed E-state index contributed by atoms with van der Waals surface area (Å²) in [4.78, 5) is 0. The highest BCUT2D eigenvalue weighted by molar-refractivity contribution is 6.31. The summed E-state index contributed by atoms with van der Waals surface area (Å²) < 4.78 is 6.71. The number of aryl methyl sites for hydroxylation is 1. The molecule has 4 nitrogen and oxygen atoms in total. The van der Waals surface area contributed by atoms with Crippen LogP contribution in [0.3, 0.4) is 0 Å². The average Bonchev–Trinajstić information content (AvgIpc) is 2.42. The first-order valence-corrected chi connectivity index (χ1v) is 4.96. The molecule has 80 valence electrons. The lowest BCUT2D eigenvalue weighted by Gasteiger charge is -2.09. The smallest absolute Gasteiger partial charge is 0.0968 e. The summed E-state index contributed by atoms with van der Waals surface area (Å²) in [5, 5.41) is 14.3. The van der Waals surface area contributed by atoms with Gasteiger partial charge in [0.25, 0.3) is 0 Å². The van der Waals surface area contributed by atoms with Crippen LogP contribution in [-0.2, 0) is 11.3 Å². The van der Waals surface area contributed by atoms with E-state index in [2.05, 4.69) is 5.10 Å². The van der Waals surface area contributed by atoms with Crippen LogP contribution in [-0.4, -0.2) is 34.2 Å². The van der Waals surface area contributed by atoms with Crippen molar-refractivity contribution in [2.45, 2.75) is 26.5 Å². The van der Waals surface area contributed by atoms with Crippen LogP contribution in [0.1, 0.15) is 12.6 Å². The van der Waals surface area contributed by atoms with E-state index in [4.69, 9.17) is 16.3 Å². The molecule has 0 saturated heterocycles. The van der Waals surface area contributed by atoms with Gasteiger partial charge >= 0.3 is 0 Å². The Morgan fingerprint density at radius 1 is 1.71 bits per heavy atom. The Hall–Kier alpha value is -0.580. The molecule has 5 heteroatoms. The molecular formula is C9H15ClN2O2. The standard InChI is InChI=1S/C9H15ClN2O2/c1-3-14-6-8(13)4-12-5-9(10)7(2)11-12/h5,8,13H,3-4,6H2,1-2H3. The Morgan fingerprint density at radius 2 is 2.43 bits per heavy atom. The van der Waals surface area contributed by atoms with Crippen LogP contribution in [0.5, 0.6) is 0 Å². The van der Waals surface area contributed by atoms with Gasteiger partial charge in [-0.05, 0) is 13.8 Å². The molecule has 1 atom stereocenters. The van der Waals surface area contributed by atoms with Crippen molar-refractivity contribution in [1.29, 1.82) is 0 Å². The van der Waals surface area contributed by atoms with E-state index in [9.17, 15) is 5.11 Å². The first kappa shape index (κ1) is 11.5. The third kappa shape index (κ3) is 3.29. The maximum absolute atomic E-state index is 9.50. The third-order valence-electron chi connectivity index (χ3n) is 1.80. The summed E-state index contributed by atoms with van der Waals surface area (Å²) in [7, 11) is 0. The lowest BCUT2D eigenvalue weighted by atomic mass is 10.4. The molecule has 0 aliphatic rings. The highest BCUT2D eigenvalue weighted by Crippen LogP contribution is 2.12. The number of nitrogens with zero attached hydrogens (tertiary/aromatic N) is 2. The molecule has 0 aliphatic carbocycles. The van der Waals surface area contributed by atoms with Gasteiger partial charge in [-0.3, -0.25) is 4.68 Å². The summed E-state index contributed by atoms with van der Waals surface area (Å²) in [6, 6.07) is 0. The largest absolute Gasteiger partial charge is 0.389 e. The van der Waals surface area contributed by atoms with Gasteiger partial charge in [0.05, 0.1) is 30.0 Å². The molecule has 0 amide bonds. The van der Waals surface area contributed by atoms with Crippen LogP contribution in [0.4, 0.5) is 0 Å². The minimum Gasteiger partial charge on any atom is -0.389 e. The Morgan fingerprint density at radius 3 is 2.93 bits per heavy atom. The van der Waals surface area contributed by atoms with E-state index in [0.717, 1.165) is 5.69 Å². The van der Waals surface area contributed by atoms with E-state index >= 15 is 0 Å². The van der Waals surface area contributed by atoms with Crippen LogP contribution in [0.25, 0.3) is 0 Å². The van der Waals surface area contributed by atoms with Crippen molar-refractivity contribution in [3.8, 4) is 0 Å². The molecule has 0 bridgehead atoms. The maximum Gasteiger partial charge on any atom is 0.0968 e. The summed E-state index contributed by atoms with van der Waals surface area (Å²) >= 11 is 5.82. The van der Waals surface area contributed by atoms with Gasteiger partial charge in [-0.15, -0.1) is 0 Å². The minimum atomic E-state index is -0.537. The van der Waals surface area contributed by atoms with Gasteiger partial charge in [-0.2, -0.15) is 5.10 Å². The van der Waals surface area contributed by atoms with Gasteiger partial charge in [0.1, 0.15) is 0 Å². The second kappa shape index (κ2) is 5.34. The van der Waals surface area contributed by atoms with Crippen LogP contribution >= 0.6 is 11.6 Å². The number of rotatable bonds is 5. The molecule has 1 unspecified atom stereocenters. The Balaban J connectivity index is 2.43. The molecule has 1 aromatic heterocycles. The topological polar surface area (TPSA) is 47.3 Å². The van der Waals surface area contributed by atoms with E-state index in [0.29, 0.717) is 24.8 Å². The zero-order valence-corrected chi connectivity index (χ0v) is 9.16. The Bertz CT molecular complexity index is 269. The van der Waals surface area contributed by atoms with Crippen LogP contribution in [0.2, 0.25) is 5.02 Å². The molecule has 0 spiro atoms. The fourth-order valence-electron chi connectivity index (χ4n) is 1.11. The summed E-state index contributed by atoms with van der Waals surface area (Å²) in [6.07, 6.45) is 1.16. The Labute approximate surface area is 88.4 Å². The van der Waals surface area contributed by atoms with E-state index < -0.39 is 6.10 Å². The molecule has 1 aromatic rings. The lowest BCUT2D eigenvalue weighted by molar-refractivity contribution is 0.0316. The quantitative estimate of drug-likeness (QED) is 0.809. The highest BCUT2D eigenvalue weighted by Gasteiger charge is 2.07. The van der Waals surface area contributed by atoms with E-state index in [1.54, 1.807) is 10.9 Å². The first-order valence-electron chi connectivity index (χ1n) is 4.58. The first-order chi connectivity index (χ1) is 6.63. The third-order valence-corrected chi connectivity index (χ3v) is 2.17. The van der Waals surface area contributed by atoms with E-state index in [1.807, 2.05) is 13.8 Å². The molecule has 14 heavy (non-hydrogen) atoms. The van der Waals surface area contributed by atoms with Gasteiger partial charge in [0, 0.05) is 12.8 Å². The van der Waals surface area contributed by atoms with Gasteiger partial charge in [0.15, 0.2) is 0 Å². The van der Waals surface area contributed by atoms with Crippen LogP contribution in [0, 0.1) is 6.92 Å². The second-order valence-electron chi connectivity index (χ2n) is 3.10. The molecule has 0 aliphatic heterocycles. The lowest BCUT2D eigenvalue weighted by Crippen LogP contribution is -2.22. The fourth-order valence-corrected chi connectivity index (χ4v) is 1.26. The molecule has 1 N–H and O–H groups in total. The van der Waals surface area contributed by atoms with Crippen LogP contribution in [0.15, 0.2) is 6.20 Å². The molecule has 0 radical (unpaired) electrons. The second-order valence-corrected chi connectivity index (χ2v) is 3.50. The monoisotopic (exact) mass is 218 g/mol. The number of aliphatic hydroxyl groups excluding tert-OH is 1. The predicted octanol–water partition coefficient (Wildman–Crippen LogP) is 1.24. The van der Waals surface area contributed by atoms with Crippen LogP contribution < -0.4 is 0 Å². The van der Waals surface area contributed by atoms with Gasteiger partial charge in [-0.1, -0.05) is 11.6 Å². The maximum atomic E-state index is 9.50. The summed E-state index contributed by atoms with van der Waals surface area (Å²) in [5.74, 6) is 0. The SMILES string of the molecule is CCOCC(O)Cn1cc(Cl)c(C)n1. The van der Waals surface area contributed by atoms with E-state index in [-0.39, 0.29) is 0 Å². The summed E-state index contributed by atoms with van der Waals surface area (Å²) in [6.45, 7) is 5.06. The minimum absolute atomic E-state index is 0.326. The van der Waals surface area contributed by atoms with Crippen molar-refractivity contribution < 1.29 is 9.84 Å². The number of aromatic nitrogens is 2. The van der Waals surface area contributed by atoms with Gasteiger partial charge in [-0.25, -0.2) is 0 Å². The molecular weight excluding hydrogens is 204 g/mol. The number of halogens is 1. The summed E-state index contributed by atoms with van der Waals surface area (Å²) in [5.41, 5.74) is 0.773. The molecule has 0 aromatic carbocycles. The fraction of sp³-hybridized carbons (Fsp3) is 0.667. The zero-order valence-electron chi connectivity index (χ0n) is 8.40.